The lowest BCUT2D eigenvalue weighted by Gasteiger charge is -2.32. The Bertz CT molecular complexity index is 1240. The lowest BCUT2D eigenvalue weighted by molar-refractivity contribution is -0.117. The maximum atomic E-state index is 12.6. The van der Waals surface area contributed by atoms with Crippen molar-refractivity contribution in [1.29, 1.82) is 0 Å². The number of aromatic nitrogens is 1. The molecule has 2 aromatic carbocycles. The number of nitrogens with zero attached hydrogens (tertiary/aromatic N) is 3. The largest absolute Gasteiger partial charge is 0.508 e. The number of carbonyl (C=O) groups excluding carboxylic acids is 1. The van der Waals surface area contributed by atoms with Crippen LogP contribution in [0.5, 0.6) is 11.5 Å². The number of anilines is 1. The van der Waals surface area contributed by atoms with Crippen molar-refractivity contribution in [2.75, 3.05) is 38.5 Å². The average molecular weight is 491 g/mol. The van der Waals surface area contributed by atoms with E-state index in [-0.39, 0.29) is 35.1 Å². The summed E-state index contributed by atoms with van der Waals surface area (Å²) in [6, 6.07) is 11.3. The van der Waals surface area contributed by atoms with Gasteiger partial charge in [-0.2, -0.15) is 0 Å². The standard InChI is InChI=1S/C28H34N4O4/c1-17(2)21-14-22(24(34)15-23(21)33)26-25(28(36-30-26)29-27(35)20-8-9-20)19-6-4-18(5-7-19)16-32-12-10-31(3)11-13-32/h4-7,14-15,17,20,33-34H,8-13,16H2,1-3H3,(H,29,35). The van der Waals surface area contributed by atoms with Crippen LogP contribution in [0, 0.1) is 5.92 Å². The predicted octanol–water partition coefficient (Wildman–Crippen LogP) is 4.64. The van der Waals surface area contributed by atoms with Crippen LogP contribution in [0.25, 0.3) is 22.4 Å². The van der Waals surface area contributed by atoms with Gasteiger partial charge in [0.05, 0.1) is 5.56 Å². The van der Waals surface area contributed by atoms with Crippen LogP contribution in [-0.4, -0.2) is 64.3 Å². The van der Waals surface area contributed by atoms with Crippen LogP contribution < -0.4 is 5.32 Å². The van der Waals surface area contributed by atoms with Crippen LogP contribution in [0.4, 0.5) is 5.88 Å². The number of nitrogens with one attached hydrogen (secondary N) is 1. The number of hydrogen-bond donors (Lipinski definition) is 3. The third-order valence-corrected chi connectivity index (χ3v) is 7.14. The molecule has 8 heteroatoms. The molecule has 2 heterocycles. The summed E-state index contributed by atoms with van der Waals surface area (Å²) in [5.74, 6) is 0.176. The highest BCUT2D eigenvalue weighted by molar-refractivity contribution is 5.99. The minimum absolute atomic E-state index is 0.00647. The van der Waals surface area contributed by atoms with Crippen LogP contribution in [0.3, 0.4) is 0 Å². The molecule has 3 N–H and O–H groups in total. The fraction of sp³-hybridized carbons (Fsp3) is 0.429. The van der Waals surface area contributed by atoms with E-state index >= 15 is 0 Å². The van der Waals surface area contributed by atoms with Crippen LogP contribution in [0.1, 0.15) is 43.7 Å². The Hall–Kier alpha value is -3.36. The van der Waals surface area contributed by atoms with Gasteiger partial charge in [0.15, 0.2) is 0 Å². The fourth-order valence-corrected chi connectivity index (χ4v) is 4.67. The second kappa shape index (κ2) is 9.95. The summed E-state index contributed by atoms with van der Waals surface area (Å²) in [7, 11) is 2.15. The van der Waals surface area contributed by atoms with E-state index in [1.165, 1.54) is 11.6 Å². The third-order valence-electron chi connectivity index (χ3n) is 7.14. The summed E-state index contributed by atoms with van der Waals surface area (Å²) in [6.07, 6.45) is 1.75. The van der Waals surface area contributed by atoms with Crippen LogP contribution in [-0.2, 0) is 11.3 Å². The second-order valence-corrected chi connectivity index (χ2v) is 10.4. The van der Waals surface area contributed by atoms with E-state index in [1.54, 1.807) is 6.07 Å². The molecular formula is C28H34N4O4. The molecule has 1 aliphatic heterocycles. The highest BCUT2D eigenvalue weighted by Crippen LogP contribution is 2.44. The van der Waals surface area contributed by atoms with E-state index in [9.17, 15) is 15.0 Å². The lowest BCUT2D eigenvalue weighted by Crippen LogP contribution is -2.43. The molecule has 1 aliphatic carbocycles. The van der Waals surface area contributed by atoms with Gasteiger partial charge >= 0.3 is 0 Å². The number of rotatable bonds is 7. The summed E-state index contributed by atoms with van der Waals surface area (Å²) in [5, 5.41) is 28.2. The Morgan fingerprint density at radius 1 is 1.08 bits per heavy atom. The number of piperazine rings is 1. The molecule has 190 valence electrons. The fourth-order valence-electron chi connectivity index (χ4n) is 4.67. The molecule has 1 aromatic heterocycles. The van der Waals surface area contributed by atoms with Crippen LogP contribution >= 0.6 is 0 Å². The van der Waals surface area contributed by atoms with Gasteiger partial charge in [-0.15, -0.1) is 0 Å². The molecule has 0 bridgehead atoms. The topological polar surface area (TPSA) is 102 Å². The van der Waals surface area contributed by atoms with Crippen molar-refractivity contribution in [3.63, 3.8) is 0 Å². The lowest BCUT2D eigenvalue weighted by atomic mass is 9.94. The minimum atomic E-state index is -0.0989. The maximum absolute atomic E-state index is 12.6. The first-order chi connectivity index (χ1) is 17.3. The van der Waals surface area contributed by atoms with Gasteiger partial charge in [0.25, 0.3) is 0 Å². The quantitative estimate of drug-likeness (QED) is 0.443. The van der Waals surface area contributed by atoms with Gasteiger partial charge in [-0.1, -0.05) is 43.3 Å². The molecule has 1 saturated heterocycles. The summed E-state index contributed by atoms with van der Waals surface area (Å²) in [4.78, 5) is 17.4. The van der Waals surface area contributed by atoms with Crippen molar-refractivity contribution >= 4 is 11.8 Å². The molecule has 8 nitrogen and oxygen atoms in total. The van der Waals surface area contributed by atoms with E-state index in [2.05, 4.69) is 39.5 Å². The summed E-state index contributed by atoms with van der Waals surface area (Å²) in [5.41, 5.74) is 4.22. The van der Waals surface area contributed by atoms with Gasteiger partial charge in [-0.05, 0) is 48.6 Å². The van der Waals surface area contributed by atoms with Crippen molar-refractivity contribution in [3.05, 3.63) is 47.5 Å². The van der Waals surface area contributed by atoms with Crippen molar-refractivity contribution in [1.82, 2.24) is 15.0 Å². The molecule has 2 fully saturated rings. The van der Waals surface area contributed by atoms with E-state index in [1.807, 2.05) is 26.0 Å². The molecule has 2 aliphatic rings. The predicted molar refractivity (Wildman–Crippen MR) is 139 cm³/mol. The molecule has 1 amide bonds. The number of likely N-dealkylation sites (N-methyl/N-ethyl adjacent to an activating group) is 1. The molecule has 3 aromatic rings. The molecule has 36 heavy (non-hydrogen) atoms. The van der Waals surface area contributed by atoms with E-state index in [0.29, 0.717) is 22.4 Å². The highest BCUT2D eigenvalue weighted by Gasteiger charge is 2.32. The van der Waals surface area contributed by atoms with Crippen molar-refractivity contribution in [2.24, 2.45) is 5.92 Å². The first-order valence-electron chi connectivity index (χ1n) is 12.7. The molecular weight excluding hydrogens is 456 g/mol. The molecule has 0 radical (unpaired) electrons. The second-order valence-electron chi connectivity index (χ2n) is 10.4. The smallest absolute Gasteiger partial charge is 0.239 e. The van der Waals surface area contributed by atoms with Crippen LogP contribution in [0.15, 0.2) is 40.9 Å². The minimum Gasteiger partial charge on any atom is -0.508 e. The number of phenolic OH excluding ortho intramolecular Hbond substituents is 2. The number of phenols is 2. The highest BCUT2D eigenvalue weighted by atomic mass is 16.5. The van der Waals surface area contributed by atoms with Gasteiger partial charge in [0, 0.05) is 50.3 Å². The summed E-state index contributed by atoms with van der Waals surface area (Å²) >= 11 is 0. The van der Waals surface area contributed by atoms with Crippen molar-refractivity contribution < 1.29 is 19.5 Å². The Kier molecular flexibility index (Phi) is 6.73. The Balaban J connectivity index is 1.50. The average Bonchev–Trinajstić information content (AvgIpc) is 3.63. The van der Waals surface area contributed by atoms with Gasteiger partial charge in [-0.25, -0.2) is 0 Å². The van der Waals surface area contributed by atoms with Crippen molar-refractivity contribution in [2.45, 2.75) is 39.2 Å². The monoisotopic (exact) mass is 490 g/mol. The Morgan fingerprint density at radius 3 is 2.42 bits per heavy atom. The summed E-state index contributed by atoms with van der Waals surface area (Å²) < 4.78 is 5.63. The molecule has 5 rings (SSSR count). The number of hydrogen-bond acceptors (Lipinski definition) is 7. The number of benzene rings is 2. The van der Waals surface area contributed by atoms with Gasteiger partial charge in [-0.3, -0.25) is 15.0 Å². The van der Waals surface area contributed by atoms with Crippen molar-refractivity contribution in [3.8, 4) is 33.9 Å². The van der Waals surface area contributed by atoms with E-state index in [4.69, 9.17) is 4.52 Å². The zero-order valence-corrected chi connectivity index (χ0v) is 21.1. The van der Waals surface area contributed by atoms with Gasteiger partial charge < -0.3 is 19.6 Å². The first kappa shape index (κ1) is 24.3. The molecule has 0 atom stereocenters. The molecule has 1 saturated carbocycles. The number of aromatic hydroxyl groups is 2. The number of amides is 1. The van der Waals surface area contributed by atoms with E-state index < -0.39 is 0 Å². The van der Waals surface area contributed by atoms with Gasteiger partial charge in [0.2, 0.25) is 11.8 Å². The normalized spacial score (nSPS) is 17.0. The maximum Gasteiger partial charge on any atom is 0.239 e. The first-order valence-corrected chi connectivity index (χ1v) is 12.7. The Labute approximate surface area is 211 Å². The third kappa shape index (κ3) is 5.10. The zero-order chi connectivity index (χ0) is 25.4. The Morgan fingerprint density at radius 2 is 1.78 bits per heavy atom. The SMILES string of the molecule is CC(C)c1cc(-c2noc(NC(=O)C3CC3)c2-c2ccc(CN3CCN(C)CC3)cc2)c(O)cc1O. The summed E-state index contributed by atoms with van der Waals surface area (Å²) in [6.45, 7) is 9.06. The van der Waals surface area contributed by atoms with Crippen LogP contribution in [0.2, 0.25) is 0 Å². The van der Waals surface area contributed by atoms with E-state index in [0.717, 1.165) is 51.1 Å². The number of carbonyl (C=O) groups is 1. The zero-order valence-electron chi connectivity index (χ0n) is 21.1. The molecule has 0 unspecified atom stereocenters. The molecule has 0 spiro atoms. The van der Waals surface area contributed by atoms with Gasteiger partial charge in [0.1, 0.15) is 17.2 Å².